The summed E-state index contributed by atoms with van der Waals surface area (Å²) in [5.41, 5.74) is 8.35. The van der Waals surface area contributed by atoms with Crippen LogP contribution in [0.3, 0.4) is 0 Å². The second kappa shape index (κ2) is 7.04. The first-order valence-electron chi connectivity index (χ1n) is 6.47. The van der Waals surface area contributed by atoms with E-state index in [-0.39, 0.29) is 18.4 Å². The fraction of sp³-hybridized carbons (Fsp3) is 0.133. The van der Waals surface area contributed by atoms with Crippen molar-refractivity contribution in [2.24, 2.45) is 10.7 Å². The molecule has 4 N–H and O–H groups in total. The number of amides is 1. The molecule has 2 aromatic rings. The number of benzene rings is 1. The van der Waals surface area contributed by atoms with Gasteiger partial charge in [0.2, 0.25) is 5.91 Å². The predicted molar refractivity (Wildman–Crippen MR) is 84.2 cm³/mol. The number of nitrogens with two attached hydrogens (primary N) is 1. The van der Waals surface area contributed by atoms with Gasteiger partial charge in [0.25, 0.3) is 0 Å². The first-order valence-corrected chi connectivity index (χ1v) is 6.47. The van der Waals surface area contributed by atoms with Crippen molar-refractivity contribution in [1.82, 2.24) is 4.98 Å². The number of hydrogen-bond donors (Lipinski definition) is 3. The molecule has 0 aliphatic rings. The molecule has 0 aliphatic heterocycles. The van der Waals surface area contributed by atoms with Crippen molar-refractivity contribution < 1.29 is 4.79 Å². The Kier molecular flexibility index (Phi) is 4.87. The third-order valence-corrected chi connectivity index (χ3v) is 2.66. The maximum absolute atomic E-state index is 11.7. The number of nitrogens with zero attached hydrogens (tertiary/aromatic N) is 2. The van der Waals surface area contributed by atoms with Crippen LogP contribution in [0.1, 0.15) is 5.56 Å². The standard InChI is InChI=1S/C15H17N5O/c1-11-4-6-12(7-5-11)20-15(16)18-10-14(21)19-13-3-2-8-17-9-13/h2-9H,10H2,1H3,(H,19,21)(H3,16,18,20). The van der Waals surface area contributed by atoms with Crippen LogP contribution in [0.15, 0.2) is 53.8 Å². The average Bonchev–Trinajstić information content (AvgIpc) is 2.49. The smallest absolute Gasteiger partial charge is 0.246 e. The number of aliphatic imine (C=N–C) groups is 1. The second-order valence-corrected chi connectivity index (χ2v) is 4.48. The first-order chi connectivity index (χ1) is 10.1. The summed E-state index contributed by atoms with van der Waals surface area (Å²) in [5.74, 6) is -0.0585. The number of aryl methyl sites for hydroxylation is 1. The molecule has 0 unspecified atom stereocenters. The van der Waals surface area contributed by atoms with Gasteiger partial charge in [0, 0.05) is 11.9 Å². The Bertz CT molecular complexity index is 622. The zero-order valence-electron chi connectivity index (χ0n) is 11.7. The molecule has 0 fully saturated rings. The molecule has 0 aliphatic carbocycles. The summed E-state index contributed by atoms with van der Waals surface area (Å²) in [5, 5.41) is 5.60. The van der Waals surface area contributed by atoms with Crippen LogP contribution in [0.2, 0.25) is 0 Å². The Labute approximate surface area is 123 Å². The number of carbonyl (C=O) groups excluding carboxylic acids is 1. The molecule has 0 radical (unpaired) electrons. The highest BCUT2D eigenvalue weighted by molar-refractivity contribution is 5.96. The third-order valence-electron chi connectivity index (χ3n) is 2.66. The molecule has 0 bridgehead atoms. The number of nitrogens with one attached hydrogen (secondary N) is 2. The molecule has 0 saturated carbocycles. The summed E-state index contributed by atoms with van der Waals surface area (Å²) >= 11 is 0. The summed E-state index contributed by atoms with van der Waals surface area (Å²) in [4.78, 5) is 19.6. The molecular formula is C15H17N5O. The molecule has 0 saturated heterocycles. The highest BCUT2D eigenvalue weighted by atomic mass is 16.1. The van der Waals surface area contributed by atoms with Crippen molar-refractivity contribution in [3.8, 4) is 0 Å². The molecular weight excluding hydrogens is 266 g/mol. The summed E-state index contributed by atoms with van der Waals surface area (Å²) in [6.07, 6.45) is 3.20. The van der Waals surface area contributed by atoms with Crippen molar-refractivity contribution in [3.05, 3.63) is 54.4 Å². The zero-order valence-corrected chi connectivity index (χ0v) is 11.7. The van der Waals surface area contributed by atoms with E-state index < -0.39 is 0 Å². The van der Waals surface area contributed by atoms with Gasteiger partial charge in [0.15, 0.2) is 5.96 Å². The Morgan fingerprint density at radius 2 is 1.95 bits per heavy atom. The lowest BCUT2D eigenvalue weighted by Crippen LogP contribution is -2.25. The van der Waals surface area contributed by atoms with E-state index >= 15 is 0 Å². The van der Waals surface area contributed by atoms with Crippen molar-refractivity contribution in [1.29, 1.82) is 0 Å². The third kappa shape index (κ3) is 4.94. The Balaban J connectivity index is 1.85. The minimum absolute atomic E-state index is 0.0560. The summed E-state index contributed by atoms with van der Waals surface area (Å²) in [6, 6.07) is 11.2. The summed E-state index contributed by atoms with van der Waals surface area (Å²) in [6.45, 7) is 1.95. The molecule has 0 atom stereocenters. The Hall–Kier alpha value is -2.89. The van der Waals surface area contributed by atoms with Crippen LogP contribution in [-0.2, 0) is 4.79 Å². The van der Waals surface area contributed by atoms with Crippen molar-refractivity contribution in [3.63, 3.8) is 0 Å². The number of aromatic nitrogens is 1. The minimum Gasteiger partial charge on any atom is -0.370 e. The van der Waals surface area contributed by atoms with Gasteiger partial charge in [0.1, 0.15) is 6.54 Å². The molecule has 0 spiro atoms. The first kappa shape index (κ1) is 14.5. The zero-order chi connectivity index (χ0) is 15.1. The van der Waals surface area contributed by atoms with Gasteiger partial charge >= 0.3 is 0 Å². The van der Waals surface area contributed by atoms with Crippen LogP contribution in [0.5, 0.6) is 0 Å². The van der Waals surface area contributed by atoms with Crippen LogP contribution in [0, 0.1) is 6.92 Å². The molecule has 1 amide bonds. The van der Waals surface area contributed by atoms with Crippen molar-refractivity contribution >= 4 is 23.2 Å². The Morgan fingerprint density at radius 3 is 2.62 bits per heavy atom. The van der Waals surface area contributed by atoms with Crippen LogP contribution in [0.4, 0.5) is 11.4 Å². The SMILES string of the molecule is Cc1ccc(NC(N)=NCC(=O)Nc2cccnc2)cc1. The number of pyridine rings is 1. The highest BCUT2D eigenvalue weighted by Crippen LogP contribution is 2.07. The van der Waals surface area contributed by atoms with E-state index in [4.69, 9.17) is 5.73 Å². The maximum atomic E-state index is 11.7. The van der Waals surface area contributed by atoms with Gasteiger partial charge in [-0.1, -0.05) is 17.7 Å². The van der Waals surface area contributed by atoms with Gasteiger partial charge in [-0.25, -0.2) is 4.99 Å². The predicted octanol–water partition coefficient (Wildman–Crippen LogP) is 1.76. The largest absolute Gasteiger partial charge is 0.370 e. The van der Waals surface area contributed by atoms with Gasteiger partial charge in [-0.15, -0.1) is 0 Å². The fourth-order valence-corrected chi connectivity index (χ4v) is 1.62. The number of carbonyl (C=O) groups is 1. The number of rotatable bonds is 4. The number of anilines is 2. The molecule has 6 heteroatoms. The van der Waals surface area contributed by atoms with Crippen molar-refractivity contribution in [2.75, 3.05) is 17.2 Å². The van der Waals surface area contributed by atoms with Gasteiger partial charge < -0.3 is 16.4 Å². The number of guanidine groups is 1. The lowest BCUT2D eigenvalue weighted by Gasteiger charge is -2.06. The molecule has 108 valence electrons. The molecule has 2 rings (SSSR count). The van der Waals surface area contributed by atoms with Gasteiger partial charge in [0.05, 0.1) is 11.9 Å². The van der Waals surface area contributed by atoms with E-state index in [1.165, 1.54) is 0 Å². The van der Waals surface area contributed by atoms with Gasteiger partial charge in [-0.3, -0.25) is 9.78 Å². The van der Waals surface area contributed by atoms with Crippen LogP contribution >= 0.6 is 0 Å². The van der Waals surface area contributed by atoms with E-state index in [0.717, 1.165) is 11.3 Å². The number of hydrogen-bond acceptors (Lipinski definition) is 3. The molecule has 1 aromatic carbocycles. The summed E-state index contributed by atoms with van der Waals surface area (Å²) < 4.78 is 0. The van der Waals surface area contributed by atoms with Gasteiger partial charge in [-0.05, 0) is 31.2 Å². The quantitative estimate of drug-likeness (QED) is 0.589. The average molecular weight is 283 g/mol. The van der Waals surface area contributed by atoms with Crippen LogP contribution in [0.25, 0.3) is 0 Å². The molecule has 6 nitrogen and oxygen atoms in total. The van der Waals surface area contributed by atoms with E-state index in [0.29, 0.717) is 5.69 Å². The normalized spacial score (nSPS) is 11.0. The van der Waals surface area contributed by atoms with Crippen LogP contribution < -0.4 is 16.4 Å². The highest BCUT2D eigenvalue weighted by Gasteiger charge is 2.01. The molecule has 1 aromatic heterocycles. The van der Waals surface area contributed by atoms with Crippen LogP contribution in [-0.4, -0.2) is 23.4 Å². The maximum Gasteiger partial charge on any atom is 0.246 e. The Morgan fingerprint density at radius 1 is 1.19 bits per heavy atom. The monoisotopic (exact) mass is 283 g/mol. The second-order valence-electron chi connectivity index (χ2n) is 4.48. The lowest BCUT2D eigenvalue weighted by molar-refractivity contribution is -0.114. The molecule has 21 heavy (non-hydrogen) atoms. The van der Waals surface area contributed by atoms with E-state index in [9.17, 15) is 4.79 Å². The van der Waals surface area contributed by atoms with E-state index in [1.807, 2.05) is 31.2 Å². The summed E-state index contributed by atoms with van der Waals surface area (Å²) in [7, 11) is 0. The fourth-order valence-electron chi connectivity index (χ4n) is 1.62. The van der Waals surface area contributed by atoms with E-state index in [1.54, 1.807) is 24.5 Å². The van der Waals surface area contributed by atoms with E-state index in [2.05, 4.69) is 20.6 Å². The van der Waals surface area contributed by atoms with Gasteiger partial charge in [-0.2, -0.15) is 0 Å². The van der Waals surface area contributed by atoms with Crippen molar-refractivity contribution in [2.45, 2.75) is 6.92 Å². The minimum atomic E-state index is -0.253. The lowest BCUT2D eigenvalue weighted by atomic mass is 10.2. The topological polar surface area (TPSA) is 92.4 Å². The molecule has 1 heterocycles.